The molecule has 0 saturated carbocycles. The van der Waals surface area contributed by atoms with Crippen molar-refractivity contribution in [2.24, 2.45) is 5.92 Å². The average molecular weight is 290 g/mol. The molecule has 0 saturated heterocycles. The average Bonchev–Trinajstić information content (AvgIpc) is 2.47. The Balaban J connectivity index is 2.41. The van der Waals surface area contributed by atoms with Crippen LogP contribution < -0.4 is 5.32 Å². The van der Waals surface area contributed by atoms with E-state index >= 15 is 0 Å². The molecule has 0 aliphatic carbocycles. The SMILES string of the molecule is CCCCCCCC(C)NC(CC(C)C)c1ccccc1. The first-order chi connectivity index (χ1) is 10.1. The summed E-state index contributed by atoms with van der Waals surface area (Å²) in [5.74, 6) is 0.722. The molecule has 1 rings (SSSR count). The molecule has 1 nitrogen and oxygen atoms in total. The smallest absolute Gasteiger partial charge is 0.0324 e. The van der Waals surface area contributed by atoms with E-state index in [0.29, 0.717) is 12.1 Å². The molecule has 1 aromatic rings. The van der Waals surface area contributed by atoms with Gasteiger partial charge in [0.15, 0.2) is 0 Å². The Morgan fingerprint density at radius 2 is 1.57 bits per heavy atom. The van der Waals surface area contributed by atoms with Gasteiger partial charge in [-0.1, -0.05) is 83.2 Å². The maximum Gasteiger partial charge on any atom is 0.0324 e. The van der Waals surface area contributed by atoms with E-state index in [1.165, 1.54) is 50.5 Å². The van der Waals surface area contributed by atoms with Gasteiger partial charge in [0.1, 0.15) is 0 Å². The minimum absolute atomic E-state index is 0.497. The van der Waals surface area contributed by atoms with Crippen LogP contribution in [0.4, 0.5) is 0 Å². The number of nitrogens with one attached hydrogen (secondary N) is 1. The Morgan fingerprint density at radius 1 is 0.905 bits per heavy atom. The molecule has 0 aliphatic rings. The highest BCUT2D eigenvalue weighted by Crippen LogP contribution is 2.22. The molecule has 0 heterocycles. The fourth-order valence-corrected chi connectivity index (χ4v) is 2.94. The number of rotatable bonds is 11. The summed E-state index contributed by atoms with van der Waals surface area (Å²) < 4.78 is 0. The van der Waals surface area contributed by atoms with Crippen LogP contribution in [-0.4, -0.2) is 6.04 Å². The molecule has 2 atom stereocenters. The van der Waals surface area contributed by atoms with Crippen LogP contribution >= 0.6 is 0 Å². The van der Waals surface area contributed by atoms with Gasteiger partial charge in [-0.05, 0) is 31.2 Å². The van der Waals surface area contributed by atoms with E-state index in [1.807, 2.05) is 0 Å². The lowest BCUT2D eigenvalue weighted by atomic mass is 9.95. The number of benzene rings is 1. The van der Waals surface area contributed by atoms with E-state index in [9.17, 15) is 0 Å². The summed E-state index contributed by atoms with van der Waals surface area (Å²) in [6.45, 7) is 9.25. The Labute approximate surface area is 132 Å². The quantitative estimate of drug-likeness (QED) is 0.484. The molecule has 0 spiro atoms. The maximum absolute atomic E-state index is 3.86. The fourth-order valence-electron chi connectivity index (χ4n) is 2.94. The molecule has 120 valence electrons. The van der Waals surface area contributed by atoms with Crippen molar-refractivity contribution in [2.75, 3.05) is 0 Å². The van der Waals surface area contributed by atoms with Crippen molar-refractivity contribution in [3.63, 3.8) is 0 Å². The largest absolute Gasteiger partial charge is 0.307 e. The summed E-state index contributed by atoms with van der Waals surface area (Å²) in [6, 6.07) is 12.0. The summed E-state index contributed by atoms with van der Waals surface area (Å²) in [4.78, 5) is 0. The highest BCUT2D eigenvalue weighted by atomic mass is 14.9. The van der Waals surface area contributed by atoms with Crippen molar-refractivity contribution in [1.29, 1.82) is 0 Å². The Hall–Kier alpha value is -0.820. The molecule has 1 N–H and O–H groups in total. The number of hydrogen-bond donors (Lipinski definition) is 1. The topological polar surface area (TPSA) is 12.0 Å². The zero-order valence-corrected chi connectivity index (χ0v) is 14.6. The fraction of sp³-hybridized carbons (Fsp3) is 0.700. The molecule has 0 aliphatic heterocycles. The van der Waals surface area contributed by atoms with Crippen molar-refractivity contribution in [3.8, 4) is 0 Å². The summed E-state index contributed by atoms with van der Waals surface area (Å²) in [5.41, 5.74) is 1.43. The Morgan fingerprint density at radius 3 is 2.19 bits per heavy atom. The first-order valence-electron chi connectivity index (χ1n) is 8.94. The summed E-state index contributed by atoms with van der Waals surface area (Å²) in [6.07, 6.45) is 9.38. The predicted molar refractivity (Wildman–Crippen MR) is 94.6 cm³/mol. The van der Waals surface area contributed by atoms with E-state index in [-0.39, 0.29) is 0 Å². The molecule has 0 fully saturated rings. The van der Waals surface area contributed by atoms with Crippen molar-refractivity contribution < 1.29 is 0 Å². The highest BCUT2D eigenvalue weighted by Gasteiger charge is 2.15. The van der Waals surface area contributed by atoms with Crippen LogP contribution in [0.1, 0.15) is 84.2 Å². The van der Waals surface area contributed by atoms with Gasteiger partial charge in [0, 0.05) is 12.1 Å². The second kappa shape index (κ2) is 10.8. The molecule has 1 heteroatoms. The van der Waals surface area contributed by atoms with Crippen molar-refractivity contribution >= 4 is 0 Å². The molecule has 0 aromatic heterocycles. The van der Waals surface area contributed by atoms with Gasteiger partial charge in [0.25, 0.3) is 0 Å². The van der Waals surface area contributed by atoms with Crippen molar-refractivity contribution in [3.05, 3.63) is 35.9 Å². The lowest BCUT2D eigenvalue weighted by molar-refractivity contribution is 0.371. The second-order valence-corrected chi connectivity index (χ2v) is 6.86. The first kappa shape index (κ1) is 18.2. The van der Waals surface area contributed by atoms with Gasteiger partial charge in [-0.3, -0.25) is 0 Å². The molecular formula is C20H35N. The molecule has 2 unspecified atom stereocenters. The van der Waals surface area contributed by atoms with E-state index < -0.39 is 0 Å². The van der Waals surface area contributed by atoms with Crippen molar-refractivity contribution in [1.82, 2.24) is 5.32 Å². The summed E-state index contributed by atoms with van der Waals surface area (Å²) in [5, 5.41) is 3.86. The van der Waals surface area contributed by atoms with Gasteiger partial charge in [-0.25, -0.2) is 0 Å². The molecule has 0 radical (unpaired) electrons. The molecule has 0 amide bonds. The van der Waals surface area contributed by atoms with Gasteiger partial charge >= 0.3 is 0 Å². The number of unbranched alkanes of at least 4 members (excludes halogenated alkanes) is 4. The normalized spacial score (nSPS) is 14.3. The minimum Gasteiger partial charge on any atom is -0.307 e. The molecule has 1 aromatic carbocycles. The van der Waals surface area contributed by atoms with Crippen LogP contribution in [0.25, 0.3) is 0 Å². The lowest BCUT2D eigenvalue weighted by Crippen LogP contribution is -2.31. The third-order valence-electron chi connectivity index (χ3n) is 4.14. The minimum atomic E-state index is 0.497. The van der Waals surface area contributed by atoms with Crippen molar-refractivity contribution in [2.45, 2.75) is 84.7 Å². The van der Waals surface area contributed by atoms with Crippen LogP contribution in [0.5, 0.6) is 0 Å². The van der Waals surface area contributed by atoms with Crippen LogP contribution in [0, 0.1) is 5.92 Å². The third kappa shape index (κ3) is 8.26. The van der Waals surface area contributed by atoms with Gasteiger partial charge < -0.3 is 5.32 Å². The van der Waals surface area contributed by atoms with E-state index in [1.54, 1.807) is 0 Å². The van der Waals surface area contributed by atoms with E-state index in [0.717, 1.165) is 5.92 Å². The maximum atomic E-state index is 3.86. The second-order valence-electron chi connectivity index (χ2n) is 6.86. The van der Waals surface area contributed by atoms with E-state index in [4.69, 9.17) is 0 Å². The zero-order chi connectivity index (χ0) is 15.5. The molecule has 0 bridgehead atoms. The van der Waals surface area contributed by atoms with Crippen LogP contribution in [0.2, 0.25) is 0 Å². The Kier molecular flexibility index (Phi) is 9.41. The zero-order valence-electron chi connectivity index (χ0n) is 14.6. The number of hydrogen-bond acceptors (Lipinski definition) is 1. The van der Waals surface area contributed by atoms with Crippen LogP contribution in [0.15, 0.2) is 30.3 Å². The first-order valence-corrected chi connectivity index (χ1v) is 8.94. The summed E-state index contributed by atoms with van der Waals surface area (Å²) in [7, 11) is 0. The van der Waals surface area contributed by atoms with Gasteiger partial charge in [0.05, 0.1) is 0 Å². The highest BCUT2D eigenvalue weighted by molar-refractivity contribution is 5.19. The van der Waals surface area contributed by atoms with E-state index in [2.05, 4.69) is 63.3 Å². The summed E-state index contributed by atoms with van der Waals surface area (Å²) >= 11 is 0. The van der Waals surface area contributed by atoms with Crippen LogP contribution in [-0.2, 0) is 0 Å². The van der Waals surface area contributed by atoms with Gasteiger partial charge in [0.2, 0.25) is 0 Å². The standard InChI is InChI=1S/C20H35N/c1-5-6-7-8-10-13-18(4)21-20(16-17(2)3)19-14-11-9-12-15-19/h9,11-12,14-15,17-18,20-21H,5-8,10,13,16H2,1-4H3. The Bertz CT molecular complexity index is 344. The molecular weight excluding hydrogens is 254 g/mol. The van der Waals surface area contributed by atoms with Crippen LogP contribution in [0.3, 0.4) is 0 Å². The lowest BCUT2D eigenvalue weighted by Gasteiger charge is -2.25. The molecule has 21 heavy (non-hydrogen) atoms. The predicted octanol–water partition coefficient (Wildman–Crippen LogP) is 6.11. The van der Waals surface area contributed by atoms with Gasteiger partial charge in [-0.15, -0.1) is 0 Å². The van der Waals surface area contributed by atoms with Gasteiger partial charge in [-0.2, -0.15) is 0 Å². The monoisotopic (exact) mass is 289 g/mol. The third-order valence-corrected chi connectivity index (χ3v) is 4.14.